The second-order valence-corrected chi connectivity index (χ2v) is 4.11. The highest BCUT2D eigenvalue weighted by molar-refractivity contribution is 9.10. The molecular weight excluding hydrogens is 269 g/mol. The minimum atomic E-state index is -0.303. The molecule has 0 N–H and O–H groups in total. The van der Waals surface area contributed by atoms with Crippen LogP contribution in [0.5, 0.6) is 0 Å². The highest BCUT2D eigenvalue weighted by Crippen LogP contribution is 2.29. The Morgan fingerprint density at radius 3 is 2.93 bits per heavy atom. The fourth-order valence-electron chi connectivity index (χ4n) is 1.03. The number of halogens is 2. The first kappa shape index (κ1) is 11.4. The molecular formula is C8H7BrFN3S. The minimum absolute atomic E-state index is 0.177. The van der Waals surface area contributed by atoms with Crippen LogP contribution in [0.15, 0.2) is 26.6 Å². The van der Waals surface area contributed by atoms with Gasteiger partial charge in [-0.2, -0.15) is 0 Å². The summed E-state index contributed by atoms with van der Waals surface area (Å²) in [4.78, 5) is 3.16. The smallest absolute Gasteiger partial charge is 0.151 e. The van der Waals surface area contributed by atoms with Gasteiger partial charge in [0.15, 0.2) is 5.82 Å². The summed E-state index contributed by atoms with van der Waals surface area (Å²) >= 11 is 4.40. The molecule has 1 aromatic carbocycles. The number of hydrogen-bond acceptors (Lipinski definition) is 2. The van der Waals surface area contributed by atoms with Gasteiger partial charge in [0.05, 0.1) is 11.0 Å². The minimum Gasteiger partial charge on any atom is -0.205 e. The first-order chi connectivity index (χ1) is 6.70. The maximum Gasteiger partial charge on any atom is 0.151 e. The molecule has 3 nitrogen and oxygen atoms in total. The lowest BCUT2D eigenvalue weighted by atomic mass is 10.2. The molecule has 0 amide bonds. The molecule has 0 saturated carbocycles. The maximum absolute atomic E-state index is 13.5. The molecule has 0 bridgehead atoms. The third-order valence-corrected chi connectivity index (χ3v) is 3.10. The molecule has 6 heteroatoms. The summed E-state index contributed by atoms with van der Waals surface area (Å²) in [5.41, 5.74) is 8.87. The molecule has 0 unspecified atom stereocenters. The van der Waals surface area contributed by atoms with Crippen molar-refractivity contribution < 1.29 is 4.39 Å². The third-order valence-electron chi connectivity index (χ3n) is 1.64. The van der Waals surface area contributed by atoms with Crippen molar-refractivity contribution in [3.8, 4) is 0 Å². The van der Waals surface area contributed by atoms with Crippen molar-refractivity contribution in [3.05, 3.63) is 38.4 Å². The second-order valence-electron chi connectivity index (χ2n) is 2.44. The van der Waals surface area contributed by atoms with Crippen molar-refractivity contribution in [1.29, 1.82) is 0 Å². The predicted molar refractivity (Wildman–Crippen MR) is 58.7 cm³/mol. The van der Waals surface area contributed by atoms with Crippen LogP contribution < -0.4 is 0 Å². The quantitative estimate of drug-likeness (QED) is 0.354. The molecule has 0 radical (unpaired) electrons. The van der Waals surface area contributed by atoms with Crippen molar-refractivity contribution >= 4 is 27.7 Å². The molecule has 0 aliphatic heterocycles. The van der Waals surface area contributed by atoms with Crippen molar-refractivity contribution in [1.82, 2.24) is 0 Å². The fraction of sp³-hybridized carbons (Fsp3) is 0.250. The normalized spacial score (nSPS) is 9.64. The van der Waals surface area contributed by atoms with Crippen LogP contribution in [0.2, 0.25) is 0 Å². The van der Waals surface area contributed by atoms with Crippen LogP contribution in [0.25, 0.3) is 10.4 Å². The zero-order valence-electron chi connectivity index (χ0n) is 7.37. The maximum atomic E-state index is 13.5. The lowest BCUT2D eigenvalue weighted by Gasteiger charge is -2.06. The number of hydrogen-bond donors (Lipinski definition) is 0. The largest absolute Gasteiger partial charge is 0.205 e. The average Bonchev–Trinajstić information content (AvgIpc) is 2.20. The van der Waals surface area contributed by atoms with E-state index in [4.69, 9.17) is 5.53 Å². The van der Waals surface area contributed by atoms with E-state index >= 15 is 0 Å². The Bertz CT molecular complexity index is 390. The lowest BCUT2D eigenvalue weighted by molar-refractivity contribution is 0.590. The van der Waals surface area contributed by atoms with E-state index in [0.717, 1.165) is 0 Å². The van der Waals surface area contributed by atoms with E-state index in [0.29, 0.717) is 14.9 Å². The van der Waals surface area contributed by atoms with Gasteiger partial charge in [-0.05, 0) is 39.3 Å². The number of azide groups is 1. The average molecular weight is 276 g/mol. The summed E-state index contributed by atoms with van der Waals surface area (Å²) in [6.45, 7) is 0.177. The standard InChI is InChI=1S/C8H7BrFN3S/c1-14-8-5(4-12-13-11)2-3-6(9)7(8)10/h2-3H,4H2,1H3. The number of rotatable bonds is 3. The fourth-order valence-corrected chi connectivity index (χ4v) is 2.17. The molecule has 0 aliphatic carbocycles. The molecule has 0 saturated heterocycles. The molecule has 1 rings (SSSR count). The van der Waals surface area contributed by atoms with Crippen LogP contribution in [0.4, 0.5) is 4.39 Å². The van der Waals surface area contributed by atoms with Gasteiger partial charge in [-0.3, -0.25) is 0 Å². The van der Waals surface area contributed by atoms with E-state index in [1.165, 1.54) is 11.8 Å². The first-order valence-electron chi connectivity index (χ1n) is 3.72. The summed E-state index contributed by atoms with van der Waals surface area (Å²) in [5, 5.41) is 3.41. The molecule has 0 atom stereocenters. The number of nitrogens with zero attached hydrogens (tertiary/aromatic N) is 3. The summed E-state index contributed by atoms with van der Waals surface area (Å²) in [7, 11) is 0. The Morgan fingerprint density at radius 2 is 2.36 bits per heavy atom. The highest BCUT2D eigenvalue weighted by Gasteiger charge is 2.10. The van der Waals surface area contributed by atoms with Gasteiger partial charge in [0.25, 0.3) is 0 Å². The monoisotopic (exact) mass is 275 g/mol. The third kappa shape index (κ3) is 2.41. The molecule has 74 valence electrons. The van der Waals surface area contributed by atoms with E-state index < -0.39 is 0 Å². The summed E-state index contributed by atoms with van der Waals surface area (Å²) in [5.74, 6) is -0.303. The van der Waals surface area contributed by atoms with E-state index in [9.17, 15) is 4.39 Å². The number of thioether (sulfide) groups is 1. The van der Waals surface area contributed by atoms with Gasteiger partial charge >= 0.3 is 0 Å². The van der Waals surface area contributed by atoms with Gasteiger partial charge in [-0.1, -0.05) is 11.2 Å². The summed E-state index contributed by atoms with van der Waals surface area (Å²) in [6, 6.07) is 3.35. The Balaban J connectivity index is 3.16. The van der Waals surface area contributed by atoms with E-state index in [1.807, 2.05) is 0 Å². The van der Waals surface area contributed by atoms with Crippen LogP contribution >= 0.6 is 27.7 Å². The van der Waals surface area contributed by atoms with Crippen molar-refractivity contribution in [2.45, 2.75) is 11.4 Å². The van der Waals surface area contributed by atoms with Crippen LogP contribution in [0.1, 0.15) is 5.56 Å². The van der Waals surface area contributed by atoms with Gasteiger partial charge in [0, 0.05) is 9.81 Å². The molecule has 0 fully saturated rings. The second kappa shape index (κ2) is 5.24. The van der Waals surface area contributed by atoms with Crippen molar-refractivity contribution in [3.63, 3.8) is 0 Å². The van der Waals surface area contributed by atoms with Crippen LogP contribution in [0.3, 0.4) is 0 Å². The van der Waals surface area contributed by atoms with Crippen LogP contribution in [-0.4, -0.2) is 6.26 Å². The van der Waals surface area contributed by atoms with Gasteiger partial charge in [0.1, 0.15) is 0 Å². The van der Waals surface area contributed by atoms with Gasteiger partial charge in [-0.15, -0.1) is 11.8 Å². The molecule has 0 aliphatic rings. The zero-order chi connectivity index (χ0) is 10.6. The Morgan fingerprint density at radius 1 is 1.64 bits per heavy atom. The summed E-state index contributed by atoms with van der Waals surface area (Å²) in [6.07, 6.45) is 1.78. The first-order valence-corrected chi connectivity index (χ1v) is 5.74. The summed E-state index contributed by atoms with van der Waals surface area (Å²) < 4.78 is 13.9. The topological polar surface area (TPSA) is 48.8 Å². The van der Waals surface area contributed by atoms with Crippen LogP contribution in [0, 0.1) is 5.82 Å². The van der Waals surface area contributed by atoms with Crippen LogP contribution in [-0.2, 0) is 6.54 Å². The Hall–Kier alpha value is -0.710. The van der Waals surface area contributed by atoms with Crippen molar-refractivity contribution in [2.24, 2.45) is 5.11 Å². The van der Waals surface area contributed by atoms with Gasteiger partial charge in [-0.25, -0.2) is 4.39 Å². The van der Waals surface area contributed by atoms with Gasteiger partial charge in [0.2, 0.25) is 0 Å². The van der Waals surface area contributed by atoms with Crippen molar-refractivity contribution in [2.75, 3.05) is 6.26 Å². The van der Waals surface area contributed by atoms with E-state index in [2.05, 4.69) is 26.0 Å². The molecule has 0 heterocycles. The molecule has 14 heavy (non-hydrogen) atoms. The van der Waals surface area contributed by atoms with Gasteiger partial charge < -0.3 is 0 Å². The zero-order valence-corrected chi connectivity index (χ0v) is 9.77. The lowest BCUT2D eigenvalue weighted by Crippen LogP contribution is -1.91. The SMILES string of the molecule is CSc1c(CN=[N+]=[N-])ccc(Br)c1F. The predicted octanol–water partition coefficient (Wildman–Crippen LogP) is 4.12. The Labute approximate surface area is 93.5 Å². The molecule has 0 aromatic heterocycles. The highest BCUT2D eigenvalue weighted by atomic mass is 79.9. The Kier molecular flexibility index (Phi) is 4.25. The van der Waals surface area contributed by atoms with E-state index in [1.54, 1.807) is 18.4 Å². The molecule has 1 aromatic rings. The molecule has 0 spiro atoms. The van der Waals surface area contributed by atoms with E-state index in [-0.39, 0.29) is 12.4 Å². The number of benzene rings is 1.